The van der Waals surface area contributed by atoms with Crippen LogP contribution < -0.4 is 0 Å². The molecular formula is C42H84O14. The first-order valence-corrected chi connectivity index (χ1v) is 21.9. The van der Waals surface area contributed by atoms with Gasteiger partial charge >= 0.3 is 5.97 Å². The fourth-order valence-corrected chi connectivity index (χ4v) is 5.02. The number of ether oxygens (including phenoxy) is 13. The van der Waals surface area contributed by atoms with E-state index in [2.05, 4.69) is 13.8 Å². The van der Waals surface area contributed by atoms with Gasteiger partial charge in [-0.1, -0.05) is 84.5 Å². The lowest BCUT2D eigenvalue weighted by molar-refractivity contribution is -0.145. The van der Waals surface area contributed by atoms with Crippen molar-refractivity contribution in [2.75, 3.05) is 165 Å². The highest BCUT2D eigenvalue weighted by molar-refractivity contribution is 5.69. The molecule has 0 saturated carbocycles. The Morgan fingerprint density at radius 2 is 0.464 bits per heavy atom. The Morgan fingerprint density at radius 1 is 0.250 bits per heavy atom. The molecule has 0 amide bonds. The monoisotopic (exact) mass is 813 g/mol. The van der Waals surface area contributed by atoms with Gasteiger partial charge in [0.25, 0.3) is 0 Å². The highest BCUT2D eigenvalue weighted by atomic mass is 16.6. The van der Waals surface area contributed by atoms with Gasteiger partial charge < -0.3 is 61.6 Å². The second-order valence-corrected chi connectivity index (χ2v) is 13.2. The summed E-state index contributed by atoms with van der Waals surface area (Å²) in [5, 5.41) is 0. The van der Waals surface area contributed by atoms with Crippen molar-refractivity contribution in [2.45, 2.75) is 104 Å². The van der Waals surface area contributed by atoms with Crippen LogP contribution in [0, 0.1) is 0 Å². The van der Waals surface area contributed by atoms with Crippen molar-refractivity contribution in [1.82, 2.24) is 0 Å². The Morgan fingerprint density at radius 3 is 0.750 bits per heavy atom. The average Bonchev–Trinajstić information content (AvgIpc) is 3.20. The second-order valence-electron chi connectivity index (χ2n) is 13.2. The fraction of sp³-hybridized carbons (Fsp3) is 0.976. The van der Waals surface area contributed by atoms with E-state index in [9.17, 15) is 4.79 Å². The van der Waals surface area contributed by atoms with Crippen molar-refractivity contribution >= 4 is 5.97 Å². The van der Waals surface area contributed by atoms with Crippen molar-refractivity contribution in [3.63, 3.8) is 0 Å². The van der Waals surface area contributed by atoms with Gasteiger partial charge in [-0.25, -0.2) is 0 Å². The van der Waals surface area contributed by atoms with Crippen LogP contribution in [0.5, 0.6) is 0 Å². The zero-order valence-electron chi connectivity index (χ0n) is 35.8. The maximum Gasteiger partial charge on any atom is 0.305 e. The quantitative estimate of drug-likeness (QED) is 0.0507. The number of unbranched alkanes of at least 4 members (excludes halogenated alkanes) is 11. The number of carbonyl (C=O) groups is 1. The first-order chi connectivity index (χ1) is 27.8. The Kier molecular flexibility index (Phi) is 51.1. The third-order valence-electron chi connectivity index (χ3n) is 8.21. The van der Waals surface area contributed by atoms with E-state index >= 15 is 0 Å². The van der Waals surface area contributed by atoms with E-state index in [4.69, 9.17) is 61.6 Å². The largest absolute Gasteiger partial charge is 0.463 e. The minimum absolute atomic E-state index is 0.140. The van der Waals surface area contributed by atoms with Crippen LogP contribution in [0.15, 0.2) is 0 Å². The van der Waals surface area contributed by atoms with E-state index in [-0.39, 0.29) is 12.6 Å². The fourth-order valence-electron chi connectivity index (χ4n) is 5.02. The summed E-state index contributed by atoms with van der Waals surface area (Å²) in [6.45, 7) is 17.4. The summed E-state index contributed by atoms with van der Waals surface area (Å²) in [5.74, 6) is -0.140. The molecule has 0 N–H and O–H groups in total. The summed E-state index contributed by atoms with van der Waals surface area (Å²) in [6, 6.07) is 0. The third kappa shape index (κ3) is 51.0. The Balaban J connectivity index is 3.09. The van der Waals surface area contributed by atoms with E-state index in [1.807, 2.05) is 0 Å². The van der Waals surface area contributed by atoms with Crippen molar-refractivity contribution < 1.29 is 66.4 Å². The summed E-state index contributed by atoms with van der Waals surface area (Å²) in [5.41, 5.74) is 0. The van der Waals surface area contributed by atoms with Crippen LogP contribution in [0.3, 0.4) is 0 Å². The van der Waals surface area contributed by atoms with E-state index in [0.29, 0.717) is 158 Å². The molecule has 0 aliphatic carbocycles. The molecular weight excluding hydrogens is 728 g/mol. The molecule has 336 valence electrons. The van der Waals surface area contributed by atoms with E-state index in [1.54, 1.807) is 0 Å². The lowest BCUT2D eigenvalue weighted by Gasteiger charge is -2.09. The Labute approximate surface area is 340 Å². The molecule has 14 heteroatoms. The molecule has 0 aliphatic rings. The Hall–Kier alpha value is -1.01. The molecule has 14 nitrogen and oxygen atoms in total. The van der Waals surface area contributed by atoms with Crippen molar-refractivity contribution in [2.24, 2.45) is 0 Å². The normalized spacial score (nSPS) is 11.5. The lowest BCUT2D eigenvalue weighted by atomic mass is 10.1. The van der Waals surface area contributed by atoms with E-state index in [0.717, 1.165) is 25.9 Å². The van der Waals surface area contributed by atoms with E-state index in [1.165, 1.54) is 64.2 Å². The predicted molar refractivity (Wildman–Crippen MR) is 217 cm³/mol. The third-order valence-corrected chi connectivity index (χ3v) is 8.21. The molecule has 0 radical (unpaired) electrons. The number of rotatable bonds is 51. The molecule has 0 bridgehead atoms. The SMILES string of the molecule is CCCCCCCCCC(=O)OCCOCCOCCOCCOCCOCCOCCOCCOCCOCCOCCOCCOCCCCCCCC. The minimum atomic E-state index is -0.140. The zero-order chi connectivity index (χ0) is 40.3. The Bertz CT molecular complexity index is 721. The number of carbonyl (C=O) groups excluding carboxylic acids is 1. The smallest absolute Gasteiger partial charge is 0.305 e. The molecule has 0 aromatic rings. The number of hydrogen-bond acceptors (Lipinski definition) is 14. The van der Waals surface area contributed by atoms with Gasteiger partial charge in [0.1, 0.15) is 6.61 Å². The standard InChI is InChI=1S/C42H84O14/c1-3-5-7-9-11-12-14-16-42(43)56-41-40-55-39-38-54-37-36-53-35-34-52-33-32-51-31-30-50-29-28-49-27-26-48-25-24-47-23-22-46-21-20-45-19-18-44-17-15-13-10-8-6-4-2/h3-41H2,1-2H3. The summed E-state index contributed by atoms with van der Waals surface area (Å²) in [6.07, 6.45) is 16.5. The van der Waals surface area contributed by atoms with Gasteiger partial charge in [-0.15, -0.1) is 0 Å². The van der Waals surface area contributed by atoms with Crippen molar-refractivity contribution in [1.29, 1.82) is 0 Å². The molecule has 56 heavy (non-hydrogen) atoms. The van der Waals surface area contributed by atoms with Crippen LogP contribution in [0.1, 0.15) is 104 Å². The summed E-state index contributed by atoms with van der Waals surface area (Å²) in [4.78, 5) is 11.7. The summed E-state index contributed by atoms with van der Waals surface area (Å²) in [7, 11) is 0. The van der Waals surface area contributed by atoms with Gasteiger partial charge in [-0.3, -0.25) is 4.79 Å². The highest BCUT2D eigenvalue weighted by Crippen LogP contribution is 2.09. The molecule has 0 heterocycles. The molecule has 0 aromatic heterocycles. The maximum absolute atomic E-state index is 11.7. The van der Waals surface area contributed by atoms with Gasteiger partial charge in [0.2, 0.25) is 0 Å². The van der Waals surface area contributed by atoms with Crippen LogP contribution in [0.25, 0.3) is 0 Å². The van der Waals surface area contributed by atoms with Crippen LogP contribution in [-0.4, -0.2) is 171 Å². The van der Waals surface area contributed by atoms with Crippen LogP contribution in [0.2, 0.25) is 0 Å². The molecule has 0 atom stereocenters. The van der Waals surface area contributed by atoms with Gasteiger partial charge in [-0.2, -0.15) is 0 Å². The summed E-state index contributed by atoms with van der Waals surface area (Å²) >= 11 is 0. The van der Waals surface area contributed by atoms with Crippen molar-refractivity contribution in [3.05, 3.63) is 0 Å². The summed E-state index contributed by atoms with van der Waals surface area (Å²) < 4.78 is 71.3. The van der Waals surface area contributed by atoms with Crippen LogP contribution in [0.4, 0.5) is 0 Å². The maximum atomic E-state index is 11.7. The average molecular weight is 813 g/mol. The number of esters is 1. The lowest BCUT2D eigenvalue weighted by Crippen LogP contribution is -2.15. The second kappa shape index (κ2) is 52.0. The first-order valence-electron chi connectivity index (χ1n) is 21.9. The highest BCUT2D eigenvalue weighted by Gasteiger charge is 2.03. The predicted octanol–water partition coefficient (Wildman–Crippen LogP) is 6.23. The molecule has 0 spiro atoms. The van der Waals surface area contributed by atoms with Gasteiger partial charge in [0.15, 0.2) is 0 Å². The van der Waals surface area contributed by atoms with Crippen molar-refractivity contribution in [3.8, 4) is 0 Å². The zero-order valence-corrected chi connectivity index (χ0v) is 35.8. The number of hydrogen-bond donors (Lipinski definition) is 0. The topological polar surface area (TPSA) is 137 Å². The molecule has 0 saturated heterocycles. The molecule has 0 aliphatic heterocycles. The van der Waals surface area contributed by atoms with Crippen LogP contribution >= 0.6 is 0 Å². The molecule has 0 aromatic carbocycles. The van der Waals surface area contributed by atoms with Gasteiger partial charge in [0.05, 0.1) is 152 Å². The molecule has 0 fully saturated rings. The molecule has 0 unspecified atom stereocenters. The van der Waals surface area contributed by atoms with Gasteiger partial charge in [-0.05, 0) is 12.8 Å². The van der Waals surface area contributed by atoms with Gasteiger partial charge in [0, 0.05) is 13.0 Å². The first kappa shape index (κ1) is 55.0. The molecule has 0 rings (SSSR count). The minimum Gasteiger partial charge on any atom is -0.463 e. The van der Waals surface area contributed by atoms with E-state index < -0.39 is 0 Å². The van der Waals surface area contributed by atoms with Crippen LogP contribution in [-0.2, 0) is 66.4 Å².